The Labute approximate surface area is 136 Å². The van der Waals surface area contributed by atoms with Gasteiger partial charge in [0.05, 0.1) is 11.2 Å². The van der Waals surface area contributed by atoms with Crippen LogP contribution in [0.1, 0.15) is 17.6 Å². The molecule has 1 amide bonds. The molecule has 122 valence electrons. The highest BCUT2D eigenvalue weighted by Crippen LogP contribution is 2.17. The quantitative estimate of drug-likeness (QED) is 0.787. The van der Waals surface area contributed by atoms with Crippen LogP contribution in [0.25, 0.3) is 10.9 Å². The fourth-order valence-electron chi connectivity index (χ4n) is 2.45. The maximum Gasteiger partial charge on any atom is 0.231 e. The number of anilines is 1. The molecule has 0 spiro atoms. The normalized spacial score (nSPS) is 10.8. The topological polar surface area (TPSA) is 51.1 Å². The fraction of sp³-hybridized carbons (Fsp3) is 0.111. The molecule has 0 bridgehead atoms. The summed E-state index contributed by atoms with van der Waals surface area (Å²) in [5.74, 6) is -2.18. The van der Waals surface area contributed by atoms with Gasteiger partial charge in [0.1, 0.15) is 11.6 Å². The first-order valence-electron chi connectivity index (χ1n) is 7.39. The minimum absolute atomic E-state index is 0.0402. The number of rotatable bonds is 4. The number of halogens is 2. The first-order chi connectivity index (χ1) is 11.5. The summed E-state index contributed by atoms with van der Waals surface area (Å²) in [5, 5.41) is 3.20. The van der Waals surface area contributed by atoms with Gasteiger partial charge < -0.3 is 5.32 Å². The number of nitrogens with zero attached hydrogens (tertiary/aromatic N) is 1. The molecule has 0 saturated carbocycles. The lowest BCUT2D eigenvalue weighted by Gasteiger charge is -2.07. The Morgan fingerprint density at radius 2 is 1.79 bits per heavy atom. The van der Waals surface area contributed by atoms with Gasteiger partial charge in [-0.1, -0.05) is 18.2 Å². The van der Waals surface area contributed by atoms with Gasteiger partial charge in [0.25, 0.3) is 0 Å². The van der Waals surface area contributed by atoms with Crippen molar-refractivity contribution in [2.24, 2.45) is 0 Å². The predicted octanol–water partition coefficient (Wildman–Crippen LogP) is 3.98. The maximum atomic E-state index is 13.5. The molecule has 4 nitrogen and oxygen atoms in total. The van der Waals surface area contributed by atoms with E-state index in [1.165, 1.54) is 4.57 Å². The standard InChI is InChI=1S/C18H14F2N2O2/c19-13-5-6-14(20)15(11-13)21-17(23)7-8-18(24)22-10-9-12-3-1-2-4-16(12)22/h1-6,9-11H,7-8H2,(H,21,23). The van der Waals surface area contributed by atoms with Gasteiger partial charge in [0, 0.05) is 30.5 Å². The lowest BCUT2D eigenvalue weighted by molar-refractivity contribution is -0.116. The van der Waals surface area contributed by atoms with Gasteiger partial charge in [-0.15, -0.1) is 0 Å². The Bertz CT molecular complexity index is 918. The smallest absolute Gasteiger partial charge is 0.231 e. The molecular formula is C18H14F2N2O2. The summed E-state index contributed by atoms with van der Waals surface area (Å²) in [5.41, 5.74) is 0.526. The summed E-state index contributed by atoms with van der Waals surface area (Å²) < 4.78 is 28.0. The van der Waals surface area contributed by atoms with E-state index in [9.17, 15) is 18.4 Å². The molecule has 1 aromatic heterocycles. The molecule has 3 aromatic rings. The van der Waals surface area contributed by atoms with Gasteiger partial charge in [-0.3, -0.25) is 14.2 Å². The number of para-hydroxylation sites is 1. The number of hydrogen-bond acceptors (Lipinski definition) is 2. The summed E-state index contributed by atoms with van der Waals surface area (Å²) in [6.45, 7) is 0. The maximum absolute atomic E-state index is 13.5. The lowest BCUT2D eigenvalue weighted by atomic mass is 10.2. The Morgan fingerprint density at radius 3 is 2.62 bits per heavy atom. The van der Waals surface area contributed by atoms with Crippen LogP contribution in [0.5, 0.6) is 0 Å². The zero-order valence-electron chi connectivity index (χ0n) is 12.6. The molecule has 24 heavy (non-hydrogen) atoms. The fourth-order valence-corrected chi connectivity index (χ4v) is 2.45. The van der Waals surface area contributed by atoms with Gasteiger partial charge in [-0.25, -0.2) is 8.78 Å². The number of carbonyl (C=O) groups excluding carboxylic acids is 2. The monoisotopic (exact) mass is 328 g/mol. The number of benzene rings is 2. The first kappa shape index (κ1) is 15.9. The van der Waals surface area contributed by atoms with Gasteiger partial charge in [0.15, 0.2) is 0 Å². The average Bonchev–Trinajstić information content (AvgIpc) is 3.00. The van der Waals surface area contributed by atoms with Crippen molar-refractivity contribution in [3.05, 3.63) is 66.4 Å². The molecule has 2 aromatic carbocycles. The van der Waals surface area contributed by atoms with E-state index in [-0.39, 0.29) is 24.4 Å². The van der Waals surface area contributed by atoms with Crippen molar-refractivity contribution in [1.29, 1.82) is 0 Å². The number of fused-ring (bicyclic) bond motifs is 1. The number of nitrogens with one attached hydrogen (secondary N) is 1. The Morgan fingerprint density at radius 1 is 1.00 bits per heavy atom. The molecule has 0 atom stereocenters. The van der Waals surface area contributed by atoms with E-state index < -0.39 is 17.5 Å². The summed E-state index contributed by atoms with van der Waals surface area (Å²) in [6.07, 6.45) is 1.49. The van der Waals surface area contributed by atoms with Crippen LogP contribution >= 0.6 is 0 Å². The van der Waals surface area contributed by atoms with Crippen LogP contribution in [0.4, 0.5) is 14.5 Å². The molecule has 0 radical (unpaired) electrons. The molecule has 0 aliphatic rings. The second-order valence-corrected chi connectivity index (χ2v) is 5.31. The number of aromatic nitrogens is 1. The van der Waals surface area contributed by atoms with E-state index in [1.807, 2.05) is 30.3 Å². The number of carbonyl (C=O) groups is 2. The third-order valence-corrected chi connectivity index (χ3v) is 3.64. The SMILES string of the molecule is O=C(CCC(=O)n1ccc2ccccc21)Nc1cc(F)ccc1F. The van der Waals surface area contributed by atoms with Gasteiger partial charge in [-0.05, 0) is 24.3 Å². The molecule has 0 unspecified atom stereocenters. The Hall–Kier alpha value is -3.02. The summed E-state index contributed by atoms with van der Waals surface area (Å²) in [7, 11) is 0. The third-order valence-electron chi connectivity index (χ3n) is 3.64. The molecule has 0 aliphatic heterocycles. The van der Waals surface area contributed by atoms with Crippen LogP contribution in [-0.2, 0) is 4.79 Å². The molecule has 0 fully saturated rings. The highest BCUT2D eigenvalue weighted by atomic mass is 19.1. The molecular weight excluding hydrogens is 314 g/mol. The highest BCUT2D eigenvalue weighted by molar-refractivity contribution is 5.96. The van der Waals surface area contributed by atoms with E-state index >= 15 is 0 Å². The highest BCUT2D eigenvalue weighted by Gasteiger charge is 2.13. The van der Waals surface area contributed by atoms with Crippen LogP contribution in [-0.4, -0.2) is 16.4 Å². The zero-order valence-corrected chi connectivity index (χ0v) is 12.6. The van der Waals surface area contributed by atoms with Crippen LogP contribution in [0.15, 0.2) is 54.7 Å². The minimum Gasteiger partial charge on any atom is -0.323 e. The van der Waals surface area contributed by atoms with E-state index in [0.717, 1.165) is 29.1 Å². The predicted molar refractivity (Wildman–Crippen MR) is 86.8 cm³/mol. The second-order valence-electron chi connectivity index (χ2n) is 5.31. The van der Waals surface area contributed by atoms with E-state index in [2.05, 4.69) is 5.32 Å². The number of hydrogen-bond donors (Lipinski definition) is 1. The molecule has 6 heteroatoms. The number of amides is 1. The molecule has 3 rings (SSSR count). The Kier molecular flexibility index (Phi) is 4.37. The van der Waals surface area contributed by atoms with Crippen molar-refractivity contribution >= 4 is 28.4 Å². The first-order valence-corrected chi connectivity index (χ1v) is 7.39. The third kappa shape index (κ3) is 3.32. The second kappa shape index (κ2) is 6.62. The van der Waals surface area contributed by atoms with E-state index in [1.54, 1.807) is 6.20 Å². The zero-order chi connectivity index (χ0) is 17.1. The van der Waals surface area contributed by atoms with Crippen LogP contribution in [0, 0.1) is 11.6 Å². The Balaban J connectivity index is 1.64. The van der Waals surface area contributed by atoms with Crippen molar-refractivity contribution in [3.63, 3.8) is 0 Å². The van der Waals surface area contributed by atoms with Gasteiger partial charge in [-0.2, -0.15) is 0 Å². The summed E-state index contributed by atoms with van der Waals surface area (Å²) in [6, 6.07) is 12.0. The largest absolute Gasteiger partial charge is 0.323 e. The van der Waals surface area contributed by atoms with Crippen LogP contribution < -0.4 is 5.32 Å². The van der Waals surface area contributed by atoms with Gasteiger partial charge in [0.2, 0.25) is 11.8 Å². The minimum atomic E-state index is -0.729. The van der Waals surface area contributed by atoms with Crippen molar-refractivity contribution in [3.8, 4) is 0 Å². The molecule has 0 saturated heterocycles. The lowest BCUT2D eigenvalue weighted by Crippen LogP contribution is -2.17. The average molecular weight is 328 g/mol. The van der Waals surface area contributed by atoms with E-state index in [4.69, 9.17) is 0 Å². The van der Waals surface area contributed by atoms with Crippen molar-refractivity contribution in [2.45, 2.75) is 12.8 Å². The van der Waals surface area contributed by atoms with Gasteiger partial charge >= 0.3 is 0 Å². The van der Waals surface area contributed by atoms with Crippen LogP contribution in [0.2, 0.25) is 0 Å². The van der Waals surface area contributed by atoms with Crippen LogP contribution in [0.3, 0.4) is 0 Å². The molecule has 1 heterocycles. The van der Waals surface area contributed by atoms with Crippen molar-refractivity contribution < 1.29 is 18.4 Å². The summed E-state index contributed by atoms with van der Waals surface area (Å²) >= 11 is 0. The van der Waals surface area contributed by atoms with E-state index in [0.29, 0.717) is 0 Å². The van der Waals surface area contributed by atoms with Crippen molar-refractivity contribution in [2.75, 3.05) is 5.32 Å². The summed E-state index contributed by atoms with van der Waals surface area (Å²) in [4.78, 5) is 24.1. The molecule has 1 N–H and O–H groups in total. The molecule has 0 aliphatic carbocycles. The van der Waals surface area contributed by atoms with Crippen molar-refractivity contribution in [1.82, 2.24) is 4.57 Å².